The zero-order chi connectivity index (χ0) is 17.1. The highest BCUT2D eigenvalue weighted by molar-refractivity contribution is 6.30. The third-order valence-corrected chi connectivity index (χ3v) is 4.32. The number of rotatable bonds is 5. The van der Waals surface area contributed by atoms with Gasteiger partial charge in [-0.1, -0.05) is 23.7 Å². The van der Waals surface area contributed by atoms with E-state index in [1.807, 2.05) is 29.6 Å². The topological polar surface area (TPSA) is 63.2 Å². The number of quaternary nitrogens is 1. The molecule has 2 amide bonds. The van der Waals surface area contributed by atoms with Crippen molar-refractivity contribution in [2.24, 2.45) is 0 Å². The highest BCUT2D eigenvalue weighted by Crippen LogP contribution is 2.24. The van der Waals surface area contributed by atoms with Gasteiger partial charge in [0.1, 0.15) is 12.3 Å². The summed E-state index contributed by atoms with van der Waals surface area (Å²) in [6.45, 7) is 0.622. The number of nitrogens with zero attached hydrogens (tertiary/aromatic N) is 1. The van der Waals surface area contributed by atoms with Gasteiger partial charge in [0.05, 0.1) is 19.2 Å². The summed E-state index contributed by atoms with van der Waals surface area (Å²) in [7, 11) is 1.57. The molecule has 2 N–H and O–H groups in total. The molecule has 1 aliphatic heterocycles. The Kier molecular flexibility index (Phi) is 4.83. The zero-order valence-electron chi connectivity index (χ0n) is 13.2. The van der Waals surface area contributed by atoms with Gasteiger partial charge in [0.15, 0.2) is 6.04 Å². The maximum Gasteiger partial charge on any atom is 0.292 e. The van der Waals surface area contributed by atoms with Crippen LogP contribution in [-0.2, 0) is 16.1 Å². The lowest BCUT2D eigenvalue weighted by molar-refractivity contribution is -0.690. The van der Waals surface area contributed by atoms with E-state index in [9.17, 15) is 9.59 Å². The second-order valence-electron chi connectivity index (χ2n) is 5.64. The molecule has 2 aromatic rings. The van der Waals surface area contributed by atoms with E-state index in [1.165, 1.54) is 4.90 Å². The number of imide groups is 1. The van der Waals surface area contributed by atoms with Crippen LogP contribution < -0.4 is 15.0 Å². The molecule has 24 heavy (non-hydrogen) atoms. The van der Waals surface area contributed by atoms with Crippen molar-refractivity contribution in [3.8, 4) is 5.75 Å². The van der Waals surface area contributed by atoms with Crippen LogP contribution in [0.5, 0.6) is 5.75 Å². The Morgan fingerprint density at radius 3 is 2.42 bits per heavy atom. The van der Waals surface area contributed by atoms with Crippen LogP contribution in [0.25, 0.3) is 0 Å². The monoisotopic (exact) mass is 345 g/mol. The first-order valence-electron chi connectivity index (χ1n) is 7.67. The van der Waals surface area contributed by atoms with E-state index in [-0.39, 0.29) is 18.2 Å². The maximum atomic E-state index is 12.6. The van der Waals surface area contributed by atoms with Gasteiger partial charge in [-0.3, -0.25) is 9.59 Å². The molecule has 1 aliphatic rings. The van der Waals surface area contributed by atoms with Crippen molar-refractivity contribution in [2.45, 2.75) is 19.0 Å². The molecule has 1 atom stereocenters. The fourth-order valence-corrected chi connectivity index (χ4v) is 2.87. The molecule has 5 nitrogen and oxygen atoms in total. The van der Waals surface area contributed by atoms with Crippen molar-refractivity contribution in [1.29, 1.82) is 0 Å². The van der Waals surface area contributed by atoms with E-state index < -0.39 is 6.04 Å². The highest BCUT2D eigenvalue weighted by atomic mass is 35.5. The lowest BCUT2D eigenvalue weighted by Gasteiger charge is -2.14. The predicted octanol–water partition coefficient (Wildman–Crippen LogP) is 1.74. The molecular formula is C18H18ClN2O3+. The van der Waals surface area contributed by atoms with Gasteiger partial charge >= 0.3 is 0 Å². The van der Waals surface area contributed by atoms with Crippen LogP contribution in [0, 0.1) is 0 Å². The number of methoxy groups -OCH3 is 1. The molecule has 0 aliphatic carbocycles. The molecule has 0 bridgehead atoms. The van der Waals surface area contributed by atoms with Gasteiger partial charge in [-0.05, 0) is 36.4 Å². The Labute approximate surface area is 145 Å². The molecule has 6 heteroatoms. The first kappa shape index (κ1) is 16.5. The molecule has 0 spiro atoms. The average Bonchev–Trinajstić information content (AvgIpc) is 2.88. The van der Waals surface area contributed by atoms with Crippen LogP contribution in [0.4, 0.5) is 5.69 Å². The molecule has 1 fully saturated rings. The summed E-state index contributed by atoms with van der Waals surface area (Å²) in [4.78, 5) is 26.1. The van der Waals surface area contributed by atoms with Crippen LogP contribution in [0.1, 0.15) is 12.0 Å². The number of anilines is 1. The number of carbonyl (C=O) groups excluding carboxylic acids is 2. The fourth-order valence-electron chi connectivity index (χ4n) is 2.74. The van der Waals surface area contributed by atoms with Gasteiger partial charge in [-0.15, -0.1) is 0 Å². The van der Waals surface area contributed by atoms with Crippen molar-refractivity contribution in [3.05, 3.63) is 59.1 Å². The van der Waals surface area contributed by atoms with Crippen molar-refractivity contribution in [1.82, 2.24) is 0 Å². The molecule has 1 heterocycles. The quantitative estimate of drug-likeness (QED) is 0.840. The summed E-state index contributed by atoms with van der Waals surface area (Å²) in [5.74, 6) is 0.324. The summed E-state index contributed by atoms with van der Waals surface area (Å²) >= 11 is 5.87. The normalized spacial score (nSPS) is 17.4. The van der Waals surface area contributed by atoms with Crippen LogP contribution in [0.3, 0.4) is 0 Å². The molecule has 2 aromatic carbocycles. The largest absolute Gasteiger partial charge is 0.497 e. The second kappa shape index (κ2) is 7.03. The zero-order valence-corrected chi connectivity index (χ0v) is 14.0. The Morgan fingerprint density at radius 1 is 1.12 bits per heavy atom. The number of hydrogen-bond donors (Lipinski definition) is 1. The Bertz CT molecular complexity index is 744. The number of halogens is 1. The average molecular weight is 346 g/mol. The maximum absolute atomic E-state index is 12.6. The molecular weight excluding hydrogens is 328 g/mol. The third-order valence-electron chi connectivity index (χ3n) is 4.06. The van der Waals surface area contributed by atoms with Gasteiger partial charge in [0.25, 0.3) is 5.91 Å². The van der Waals surface area contributed by atoms with Crippen LogP contribution in [0.15, 0.2) is 48.5 Å². The molecule has 1 unspecified atom stereocenters. The molecule has 1 saturated heterocycles. The minimum atomic E-state index is -0.393. The minimum absolute atomic E-state index is 0.178. The lowest BCUT2D eigenvalue weighted by atomic mass is 10.2. The smallest absolute Gasteiger partial charge is 0.292 e. The Morgan fingerprint density at radius 2 is 1.79 bits per heavy atom. The Hall–Kier alpha value is -2.37. The molecule has 0 radical (unpaired) electrons. The molecule has 124 valence electrons. The van der Waals surface area contributed by atoms with Gasteiger partial charge < -0.3 is 10.1 Å². The van der Waals surface area contributed by atoms with E-state index in [2.05, 4.69) is 0 Å². The second-order valence-corrected chi connectivity index (χ2v) is 6.08. The number of carbonyl (C=O) groups is 2. The summed E-state index contributed by atoms with van der Waals surface area (Å²) in [5.41, 5.74) is 1.63. The minimum Gasteiger partial charge on any atom is -0.497 e. The fraction of sp³-hybridized carbons (Fsp3) is 0.222. The summed E-state index contributed by atoms with van der Waals surface area (Å²) < 4.78 is 5.10. The van der Waals surface area contributed by atoms with E-state index >= 15 is 0 Å². The standard InChI is InChI=1S/C18H17ClN2O3/c1-24-15-8-6-14(7-9-15)21-17(22)10-16(18(21)23)20-11-12-2-4-13(19)5-3-12/h2-9,16,20H,10-11H2,1H3/p+1. The van der Waals surface area contributed by atoms with E-state index in [4.69, 9.17) is 16.3 Å². The van der Waals surface area contributed by atoms with Gasteiger partial charge in [-0.25, -0.2) is 4.90 Å². The first-order chi connectivity index (χ1) is 11.6. The van der Waals surface area contributed by atoms with Crippen LogP contribution >= 0.6 is 11.6 Å². The van der Waals surface area contributed by atoms with Crippen molar-refractivity contribution >= 4 is 29.1 Å². The van der Waals surface area contributed by atoms with Crippen LogP contribution in [-0.4, -0.2) is 25.0 Å². The Balaban J connectivity index is 1.67. The summed E-state index contributed by atoms with van der Waals surface area (Å²) in [6.07, 6.45) is 0.207. The number of amides is 2. The number of benzene rings is 2. The SMILES string of the molecule is COc1ccc(N2C(=O)CC([NH2+]Cc3ccc(Cl)cc3)C2=O)cc1. The summed E-state index contributed by atoms with van der Waals surface area (Å²) in [5, 5.41) is 2.57. The highest BCUT2D eigenvalue weighted by Gasteiger charge is 2.42. The van der Waals surface area contributed by atoms with Gasteiger partial charge in [0.2, 0.25) is 5.91 Å². The first-order valence-corrected chi connectivity index (χ1v) is 8.05. The van der Waals surface area contributed by atoms with E-state index in [1.54, 1.807) is 31.4 Å². The van der Waals surface area contributed by atoms with Crippen molar-refractivity contribution in [2.75, 3.05) is 12.0 Å². The van der Waals surface area contributed by atoms with E-state index in [0.717, 1.165) is 5.56 Å². The predicted molar refractivity (Wildman–Crippen MR) is 91.0 cm³/mol. The van der Waals surface area contributed by atoms with Crippen molar-refractivity contribution < 1.29 is 19.6 Å². The molecule has 0 saturated carbocycles. The number of ether oxygens (including phenoxy) is 1. The van der Waals surface area contributed by atoms with Crippen molar-refractivity contribution in [3.63, 3.8) is 0 Å². The van der Waals surface area contributed by atoms with Gasteiger partial charge in [0, 0.05) is 10.6 Å². The third kappa shape index (κ3) is 3.42. The number of nitrogens with two attached hydrogens (primary N) is 1. The molecule has 0 aromatic heterocycles. The molecule has 3 rings (SSSR count). The number of hydrogen-bond acceptors (Lipinski definition) is 3. The summed E-state index contributed by atoms with van der Waals surface area (Å²) in [6, 6.07) is 14.0. The van der Waals surface area contributed by atoms with E-state index in [0.29, 0.717) is 23.0 Å². The lowest BCUT2D eigenvalue weighted by Crippen LogP contribution is -2.90. The van der Waals surface area contributed by atoms with Gasteiger partial charge in [-0.2, -0.15) is 0 Å². The van der Waals surface area contributed by atoms with Crippen LogP contribution in [0.2, 0.25) is 5.02 Å².